The molecule has 0 radical (unpaired) electrons. The van der Waals surface area contributed by atoms with Gasteiger partial charge in [0, 0.05) is 50.7 Å². The van der Waals surface area contributed by atoms with E-state index in [0.717, 1.165) is 51.1 Å². The third-order valence-electron chi connectivity index (χ3n) is 5.41. The van der Waals surface area contributed by atoms with Crippen LogP contribution in [0.2, 0.25) is 0 Å². The summed E-state index contributed by atoms with van der Waals surface area (Å²) < 4.78 is 0. The smallest absolute Gasteiger partial charge is 0.253 e. The minimum atomic E-state index is 0.192. The van der Waals surface area contributed by atoms with Crippen LogP contribution < -0.4 is 0 Å². The molecule has 130 valence electrons. The number of pyridine rings is 1. The van der Waals surface area contributed by atoms with Gasteiger partial charge in [0.05, 0.1) is 0 Å². The zero-order chi connectivity index (χ0) is 17.1. The average molecular weight is 335 g/mol. The molecule has 1 saturated heterocycles. The number of benzene rings is 1. The predicted molar refractivity (Wildman–Crippen MR) is 98.5 cm³/mol. The highest BCUT2D eigenvalue weighted by Gasteiger charge is 2.23. The molecule has 25 heavy (non-hydrogen) atoms. The van der Waals surface area contributed by atoms with E-state index in [4.69, 9.17) is 0 Å². The summed E-state index contributed by atoms with van der Waals surface area (Å²) in [5.41, 5.74) is 4.96. The largest absolute Gasteiger partial charge is 0.336 e. The monoisotopic (exact) mass is 335 g/mol. The number of aryl methyl sites for hydroxylation is 2. The van der Waals surface area contributed by atoms with Crippen molar-refractivity contribution in [3.63, 3.8) is 0 Å². The third kappa shape index (κ3) is 3.74. The van der Waals surface area contributed by atoms with Crippen molar-refractivity contribution in [1.82, 2.24) is 14.8 Å². The molecule has 0 bridgehead atoms. The first-order valence-electron chi connectivity index (χ1n) is 9.32. The quantitative estimate of drug-likeness (QED) is 0.865. The molecule has 2 heterocycles. The Morgan fingerprint density at radius 2 is 1.64 bits per heavy atom. The predicted octanol–water partition coefficient (Wildman–Crippen LogP) is 2.92. The number of carbonyl (C=O) groups excluding carboxylic acids is 1. The van der Waals surface area contributed by atoms with Crippen LogP contribution in [-0.2, 0) is 19.4 Å². The molecule has 4 rings (SSSR count). The first kappa shape index (κ1) is 16.3. The zero-order valence-electron chi connectivity index (χ0n) is 14.7. The fourth-order valence-electron chi connectivity index (χ4n) is 3.90. The van der Waals surface area contributed by atoms with Crippen LogP contribution >= 0.6 is 0 Å². The minimum absolute atomic E-state index is 0.192. The van der Waals surface area contributed by atoms with E-state index in [0.29, 0.717) is 0 Å². The molecule has 0 spiro atoms. The van der Waals surface area contributed by atoms with Gasteiger partial charge in [0.1, 0.15) is 0 Å². The van der Waals surface area contributed by atoms with E-state index >= 15 is 0 Å². The number of amides is 1. The van der Waals surface area contributed by atoms with Gasteiger partial charge in [0.25, 0.3) is 5.91 Å². The van der Waals surface area contributed by atoms with Gasteiger partial charge in [-0.3, -0.25) is 14.7 Å². The van der Waals surface area contributed by atoms with Gasteiger partial charge in [-0.25, -0.2) is 0 Å². The summed E-state index contributed by atoms with van der Waals surface area (Å²) in [5.74, 6) is 0.192. The molecule has 0 N–H and O–H groups in total. The molecule has 0 saturated carbocycles. The van der Waals surface area contributed by atoms with Crippen molar-refractivity contribution < 1.29 is 4.79 Å². The van der Waals surface area contributed by atoms with Gasteiger partial charge >= 0.3 is 0 Å². The number of carbonyl (C=O) groups is 1. The van der Waals surface area contributed by atoms with Crippen LogP contribution in [0.1, 0.15) is 39.9 Å². The number of rotatable bonds is 3. The summed E-state index contributed by atoms with van der Waals surface area (Å²) in [4.78, 5) is 21.3. The lowest BCUT2D eigenvalue weighted by molar-refractivity contribution is 0.0628. The van der Waals surface area contributed by atoms with Crippen molar-refractivity contribution in [1.29, 1.82) is 0 Å². The van der Waals surface area contributed by atoms with Gasteiger partial charge in [0.2, 0.25) is 0 Å². The summed E-state index contributed by atoms with van der Waals surface area (Å²) in [6.07, 6.45) is 8.49. The lowest BCUT2D eigenvalue weighted by atomic mass is 9.90. The Morgan fingerprint density at radius 1 is 0.920 bits per heavy atom. The van der Waals surface area contributed by atoms with E-state index in [1.54, 1.807) is 0 Å². The Labute approximate surface area is 149 Å². The molecule has 0 atom stereocenters. The van der Waals surface area contributed by atoms with E-state index in [9.17, 15) is 4.79 Å². The minimum Gasteiger partial charge on any atom is -0.336 e. The summed E-state index contributed by atoms with van der Waals surface area (Å²) in [7, 11) is 0. The zero-order valence-corrected chi connectivity index (χ0v) is 14.7. The van der Waals surface area contributed by atoms with Crippen molar-refractivity contribution in [2.24, 2.45) is 0 Å². The first-order valence-corrected chi connectivity index (χ1v) is 9.32. The molecule has 1 amide bonds. The van der Waals surface area contributed by atoms with Crippen LogP contribution in [0.25, 0.3) is 0 Å². The van der Waals surface area contributed by atoms with Crippen molar-refractivity contribution in [3.8, 4) is 0 Å². The van der Waals surface area contributed by atoms with Gasteiger partial charge < -0.3 is 4.90 Å². The molecule has 2 aromatic rings. The van der Waals surface area contributed by atoms with Crippen LogP contribution in [-0.4, -0.2) is 46.9 Å². The summed E-state index contributed by atoms with van der Waals surface area (Å²) in [6.45, 7) is 4.41. The average Bonchev–Trinajstić information content (AvgIpc) is 2.68. The highest BCUT2D eigenvalue weighted by molar-refractivity contribution is 5.94. The molecule has 1 fully saturated rings. The Hall–Kier alpha value is -2.20. The molecule has 1 aliphatic heterocycles. The maximum Gasteiger partial charge on any atom is 0.253 e. The molecule has 1 aromatic carbocycles. The molecular weight excluding hydrogens is 310 g/mol. The number of hydrogen-bond donors (Lipinski definition) is 0. The summed E-state index contributed by atoms with van der Waals surface area (Å²) in [6, 6.07) is 10.5. The Bertz CT molecular complexity index is 736. The van der Waals surface area contributed by atoms with Gasteiger partial charge in [0.15, 0.2) is 0 Å². The van der Waals surface area contributed by atoms with Gasteiger partial charge in [-0.05, 0) is 66.6 Å². The van der Waals surface area contributed by atoms with Crippen molar-refractivity contribution in [3.05, 3.63) is 65.0 Å². The summed E-state index contributed by atoms with van der Waals surface area (Å²) in [5, 5.41) is 0. The number of piperazine rings is 1. The van der Waals surface area contributed by atoms with E-state index < -0.39 is 0 Å². The van der Waals surface area contributed by atoms with Crippen molar-refractivity contribution in [2.75, 3.05) is 26.2 Å². The lowest BCUT2D eigenvalue weighted by Crippen LogP contribution is -2.48. The summed E-state index contributed by atoms with van der Waals surface area (Å²) >= 11 is 0. The van der Waals surface area contributed by atoms with Crippen LogP contribution in [0.4, 0.5) is 0 Å². The van der Waals surface area contributed by atoms with Gasteiger partial charge in [-0.15, -0.1) is 0 Å². The van der Waals surface area contributed by atoms with Crippen molar-refractivity contribution in [2.45, 2.75) is 32.2 Å². The van der Waals surface area contributed by atoms with Gasteiger partial charge in [-0.2, -0.15) is 0 Å². The Balaban J connectivity index is 1.36. The normalized spacial score (nSPS) is 18.0. The van der Waals surface area contributed by atoms with Crippen LogP contribution in [0, 0.1) is 0 Å². The second-order valence-corrected chi connectivity index (χ2v) is 7.11. The number of aromatic nitrogens is 1. The molecule has 4 nitrogen and oxygen atoms in total. The van der Waals surface area contributed by atoms with Crippen LogP contribution in [0.3, 0.4) is 0 Å². The first-order chi connectivity index (χ1) is 12.3. The molecule has 1 aliphatic carbocycles. The number of fused-ring (bicyclic) bond motifs is 1. The molecule has 1 aromatic heterocycles. The second kappa shape index (κ2) is 7.36. The standard InChI is InChI=1S/C21H25N3O/c25-21(20-6-5-18-3-1-2-4-19(18)15-20)24-13-11-23(12-14-24)16-17-7-9-22-10-8-17/h5-10,15H,1-4,11-14,16H2. The molecular formula is C21H25N3O. The van der Waals surface area contributed by atoms with Crippen molar-refractivity contribution >= 4 is 5.91 Å². The SMILES string of the molecule is O=C(c1ccc2c(c1)CCCC2)N1CCN(Cc2ccncc2)CC1. The van der Waals surface area contributed by atoms with E-state index in [2.05, 4.69) is 34.1 Å². The molecule has 2 aliphatic rings. The van der Waals surface area contributed by atoms with Crippen LogP contribution in [0.15, 0.2) is 42.7 Å². The van der Waals surface area contributed by atoms with Gasteiger partial charge in [-0.1, -0.05) is 6.07 Å². The number of hydrogen-bond acceptors (Lipinski definition) is 3. The maximum absolute atomic E-state index is 12.8. The van der Waals surface area contributed by atoms with E-state index in [1.165, 1.54) is 29.5 Å². The molecule has 4 heteroatoms. The maximum atomic E-state index is 12.8. The Morgan fingerprint density at radius 3 is 2.40 bits per heavy atom. The van der Waals surface area contributed by atoms with E-state index in [-0.39, 0.29) is 5.91 Å². The van der Waals surface area contributed by atoms with E-state index in [1.807, 2.05) is 23.4 Å². The molecule has 0 unspecified atom stereocenters. The van der Waals surface area contributed by atoms with Crippen LogP contribution in [0.5, 0.6) is 0 Å². The third-order valence-corrected chi connectivity index (χ3v) is 5.41. The second-order valence-electron chi connectivity index (χ2n) is 7.11. The highest BCUT2D eigenvalue weighted by Crippen LogP contribution is 2.23. The number of nitrogens with zero attached hydrogens (tertiary/aromatic N) is 3. The fraction of sp³-hybridized carbons (Fsp3) is 0.429. The Kier molecular flexibility index (Phi) is 4.79. The fourth-order valence-corrected chi connectivity index (χ4v) is 3.90. The lowest BCUT2D eigenvalue weighted by Gasteiger charge is -2.35. The topological polar surface area (TPSA) is 36.4 Å². The highest BCUT2D eigenvalue weighted by atomic mass is 16.2.